The van der Waals surface area contributed by atoms with Crippen molar-refractivity contribution in [1.29, 1.82) is 0 Å². The number of rotatable bonds is 9. The molecule has 1 amide bonds. The Hall–Kier alpha value is -1.75. The van der Waals surface area contributed by atoms with Gasteiger partial charge in [-0.2, -0.15) is 0 Å². The number of nitrogens with one attached hydrogen (secondary N) is 2. The standard InChI is InChI=1S/C18H28N2O3/c1-3-9-22-16-6-5-15(12-17(16)23-10-4-2)20-18(21)11-14-7-8-19-13-14/h5-6,12,14,19H,3-4,7-11,13H2,1-2H3,(H,20,21). The number of amides is 1. The SMILES string of the molecule is CCCOc1ccc(NC(=O)CC2CCNC2)cc1OCCC. The average molecular weight is 320 g/mol. The highest BCUT2D eigenvalue weighted by molar-refractivity contribution is 5.91. The molecule has 0 aliphatic carbocycles. The summed E-state index contributed by atoms with van der Waals surface area (Å²) in [6, 6.07) is 5.59. The lowest BCUT2D eigenvalue weighted by Crippen LogP contribution is -2.18. The molecule has 0 aromatic heterocycles. The first-order valence-corrected chi connectivity index (χ1v) is 8.63. The molecule has 0 bridgehead atoms. The van der Waals surface area contributed by atoms with Crippen molar-refractivity contribution < 1.29 is 14.3 Å². The predicted molar refractivity (Wildman–Crippen MR) is 92.2 cm³/mol. The summed E-state index contributed by atoms with van der Waals surface area (Å²) in [6.45, 7) is 7.36. The van der Waals surface area contributed by atoms with Crippen LogP contribution in [0.25, 0.3) is 0 Å². The summed E-state index contributed by atoms with van der Waals surface area (Å²) in [7, 11) is 0. The molecule has 1 aliphatic rings. The maximum atomic E-state index is 12.1. The molecular formula is C18H28N2O3. The fourth-order valence-electron chi connectivity index (χ4n) is 2.60. The first-order chi connectivity index (χ1) is 11.2. The van der Waals surface area contributed by atoms with Gasteiger partial charge in [0.1, 0.15) is 0 Å². The van der Waals surface area contributed by atoms with Crippen LogP contribution in [0.3, 0.4) is 0 Å². The van der Waals surface area contributed by atoms with Gasteiger partial charge >= 0.3 is 0 Å². The molecule has 2 N–H and O–H groups in total. The van der Waals surface area contributed by atoms with E-state index in [9.17, 15) is 4.79 Å². The number of anilines is 1. The molecule has 23 heavy (non-hydrogen) atoms. The first-order valence-electron chi connectivity index (χ1n) is 8.63. The van der Waals surface area contributed by atoms with Crippen LogP contribution in [0.5, 0.6) is 11.5 Å². The summed E-state index contributed by atoms with van der Waals surface area (Å²) in [6.07, 6.45) is 3.51. The van der Waals surface area contributed by atoms with Crippen molar-refractivity contribution >= 4 is 11.6 Å². The van der Waals surface area contributed by atoms with Crippen molar-refractivity contribution in [3.63, 3.8) is 0 Å². The Kier molecular flexibility index (Phi) is 7.20. The summed E-state index contributed by atoms with van der Waals surface area (Å²) >= 11 is 0. The Morgan fingerprint density at radius 3 is 2.61 bits per heavy atom. The van der Waals surface area contributed by atoms with Crippen LogP contribution in [0, 0.1) is 5.92 Å². The number of ether oxygens (including phenoxy) is 2. The van der Waals surface area contributed by atoms with Crippen LogP contribution in [0.1, 0.15) is 39.5 Å². The Balaban J connectivity index is 1.98. The molecule has 1 aliphatic heterocycles. The second-order valence-electron chi connectivity index (χ2n) is 5.97. The maximum Gasteiger partial charge on any atom is 0.224 e. The molecule has 0 radical (unpaired) electrons. The van der Waals surface area contributed by atoms with Crippen LogP contribution in [0.15, 0.2) is 18.2 Å². The van der Waals surface area contributed by atoms with E-state index < -0.39 is 0 Å². The summed E-state index contributed by atoms with van der Waals surface area (Å²) in [5.41, 5.74) is 0.760. The monoisotopic (exact) mass is 320 g/mol. The number of hydrogen-bond donors (Lipinski definition) is 2. The van der Waals surface area contributed by atoms with Gasteiger partial charge in [-0.3, -0.25) is 4.79 Å². The second kappa shape index (κ2) is 9.40. The van der Waals surface area contributed by atoms with E-state index in [1.807, 2.05) is 18.2 Å². The number of carbonyl (C=O) groups is 1. The van der Waals surface area contributed by atoms with Crippen molar-refractivity contribution in [3.8, 4) is 11.5 Å². The lowest BCUT2D eigenvalue weighted by Gasteiger charge is -2.14. The molecule has 1 heterocycles. The summed E-state index contributed by atoms with van der Waals surface area (Å²) in [4.78, 5) is 12.1. The number of carbonyl (C=O) groups excluding carboxylic acids is 1. The van der Waals surface area contributed by atoms with E-state index in [1.54, 1.807) is 0 Å². The Morgan fingerprint density at radius 1 is 1.22 bits per heavy atom. The van der Waals surface area contributed by atoms with Gasteiger partial charge in [-0.05, 0) is 50.4 Å². The molecule has 0 saturated carbocycles. The van der Waals surface area contributed by atoms with Crippen LogP contribution in [-0.2, 0) is 4.79 Å². The van der Waals surface area contributed by atoms with E-state index in [0.29, 0.717) is 31.3 Å². The zero-order valence-corrected chi connectivity index (χ0v) is 14.2. The van der Waals surface area contributed by atoms with Gasteiger partial charge in [-0.1, -0.05) is 13.8 Å². The first kappa shape index (κ1) is 17.6. The molecule has 1 unspecified atom stereocenters. The molecular weight excluding hydrogens is 292 g/mol. The van der Waals surface area contributed by atoms with E-state index in [4.69, 9.17) is 9.47 Å². The van der Waals surface area contributed by atoms with Crippen LogP contribution >= 0.6 is 0 Å². The van der Waals surface area contributed by atoms with Crippen molar-refractivity contribution in [2.75, 3.05) is 31.6 Å². The van der Waals surface area contributed by atoms with Gasteiger partial charge < -0.3 is 20.1 Å². The topological polar surface area (TPSA) is 59.6 Å². The average Bonchev–Trinajstić information content (AvgIpc) is 3.04. The van der Waals surface area contributed by atoms with Gasteiger partial charge in [0.15, 0.2) is 11.5 Å². The largest absolute Gasteiger partial charge is 0.490 e. The Morgan fingerprint density at radius 2 is 1.96 bits per heavy atom. The minimum Gasteiger partial charge on any atom is -0.490 e. The molecule has 1 fully saturated rings. The van der Waals surface area contributed by atoms with Crippen LogP contribution in [0.4, 0.5) is 5.69 Å². The fraction of sp³-hybridized carbons (Fsp3) is 0.611. The van der Waals surface area contributed by atoms with Crippen LogP contribution in [-0.4, -0.2) is 32.2 Å². The molecule has 128 valence electrons. The van der Waals surface area contributed by atoms with Gasteiger partial charge in [0.25, 0.3) is 0 Å². The molecule has 1 atom stereocenters. The predicted octanol–water partition coefficient (Wildman–Crippen LogP) is 3.20. The third-order valence-electron chi connectivity index (χ3n) is 3.79. The van der Waals surface area contributed by atoms with E-state index in [-0.39, 0.29) is 5.91 Å². The molecule has 1 aromatic rings. The fourth-order valence-corrected chi connectivity index (χ4v) is 2.60. The summed E-state index contributed by atoms with van der Waals surface area (Å²) < 4.78 is 11.5. The Labute approximate surface area is 138 Å². The van der Waals surface area contributed by atoms with Gasteiger partial charge in [-0.25, -0.2) is 0 Å². The smallest absolute Gasteiger partial charge is 0.224 e. The molecule has 1 aromatic carbocycles. The lowest BCUT2D eigenvalue weighted by atomic mass is 10.0. The third kappa shape index (κ3) is 5.75. The van der Waals surface area contributed by atoms with Crippen LogP contribution in [0.2, 0.25) is 0 Å². The number of hydrogen-bond acceptors (Lipinski definition) is 4. The highest BCUT2D eigenvalue weighted by atomic mass is 16.5. The summed E-state index contributed by atoms with van der Waals surface area (Å²) in [5.74, 6) is 1.93. The van der Waals surface area contributed by atoms with Gasteiger partial charge in [0.05, 0.1) is 13.2 Å². The maximum absolute atomic E-state index is 12.1. The zero-order valence-electron chi connectivity index (χ0n) is 14.2. The van der Waals surface area contributed by atoms with E-state index in [0.717, 1.165) is 43.8 Å². The van der Waals surface area contributed by atoms with Gasteiger partial charge in [-0.15, -0.1) is 0 Å². The van der Waals surface area contributed by atoms with Crippen molar-refractivity contribution in [3.05, 3.63) is 18.2 Å². The number of benzene rings is 1. The van der Waals surface area contributed by atoms with E-state index in [2.05, 4.69) is 24.5 Å². The Bertz CT molecular complexity index is 499. The minimum atomic E-state index is 0.0577. The molecule has 5 heteroatoms. The normalized spacial score (nSPS) is 17.0. The van der Waals surface area contributed by atoms with Crippen molar-refractivity contribution in [1.82, 2.24) is 5.32 Å². The molecule has 1 saturated heterocycles. The van der Waals surface area contributed by atoms with Crippen LogP contribution < -0.4 is 20.1 Å². The minimum absolute atomic E-state index is 0.0577. The van der Waals surface area contributed by atoms with Crippen molar-refractivity contribution in [2.24, 2.45) is 5.92 Å². The lowest BCUT2D eigenvalue weighted by molar-refractivity contribution is -0.116. The highest BCUT2D eigenvalue weighted by Gasteiger charge is 2.18. The zero-order chi connectivity index (χ0) is 16.5. The van der Waals surface area contributed by atoms with E-state index >= 15 is 0 Å². The second-order valence-corrected chi connectivity index (χ2v) is 5.97. The summed E-state index contributed by atoms with van der Waals surface area (Å²) in [5, 5.41) is 6.25. The van der Waals surface area contributed by atoms with Crippen molar-refractivity contribution in [2.45, 2.75) is 39.5 Å². The molecule has 0 spiro atoms. The quantitative estimate of drug-likeness (QED) is 0.733. The highest BCUT2D eigenvalue weighted by Crippen LogP contribution is 2.31. The third-order valence-corrected chi connectivity index (χ3v) is 3.79. The van der Waals surface area contributed by atoms with Gasteiger partial charge in [0.2, 0.25) is 5.91 Å². The molecule has 2 rings (SSSR count). The molecule has 5 nitrogen and oxygen atoms in total. The van der Waals surface area contributed by atoms with E-state index in [1.165, 1.54) is 0 Å². The van der Waals surface area contributed by atoms with Gasteiger partial charge in [0, 0.05) is 18.2 Å².